The Balaban J connectivity index is 1.56. The molecule has 0 bridgehead atoms. The van der Waals surface area contributed by atoms with E-state index < -0.39 is 0 Å². The van der Waals surface area contributed by atoms with Gasteiger partial charge in [0.1, 0.15) is 16.3 Å². The summed E-state index contributed by atoms with van der Waals surface area (Å²) >= 11 is 1.85. The van der Waals surface area contributed by atoms with Crippen LogP contribution in [0.2, 0.25) is 0 Å². The number of hydrogen-bond acceptors (Lipinski definition) is 7. The molecule has 0 saturated carbocycles. The van der Waals surface area contributed by atoms with Gasteiger partial charge in [0, 0.05) is 30.9 Å². The Kier molecular flexibility index (Phi) is 5.18. The zero-order chi connectivity index (χ0) is 19.8. The molecule has 152 valence electrons. The Morgan fingerprint density at radius 2 is 1.97 bits per heavy atom. The Labute approximate surface area is 176 Å². The largest absolute Gasteiger partial charge is 0.359 e. The van der Waals surface area contributed by atoms with Crippen LogP contribution in [0.4, 0.5) is 5.82 Å². The SMILES string of the molecule is CN1CCC(CN(C)c2nc(-c3cnccn3)nc3sc4c(c23)CCCC4)CC1. The zero-order valence-corrected chi connectivity index (χ0v) is 18.1. The van der Waals surface area contributed by atoms with E-state index in [1.54, 1.807) is 18.6 Å². The number of fused-ring (bicyclic) bond motifs is 3. The van der Waals surface area contributed by atoms with Crippen LogP contribution < -0.4 is 4.90 Å². The average molecular weight is 409 g/mol. The Hall–Kier alpha value is -2.12. The first-order valence-corrected chi connectivity index (χ1v) is 11.5. The molecule has 1 saturated heterocycles. The normalized spacial score (nSPS) is 18.1. The molecule has 29 heavy (non-hydrogen) atoms. The van der Waals surface area contributed by atoms with Gasteiger partial charge in [-0.05, 0) is 70.1 Å². The molecule has 1 aliphatic heterocycles. The van der Waals surface area contributed by atoms with Crippen molar-refractivity contribution in [3.63, 3.8) is 0 Å². The first kappa shape index (κ1) is 18.9. The van der Waals surface area contributed by atoms with Gasteiger partial charge in [0.2, 0.25) is 0 Å². The highest BCUT2D eigenvalue weighted by Gasteiger charge is 2.25. The summed E-state index contributed by atoms with van der Waals surface area (Å²) in [5, 5.41) is 1.28. The number of nitrogens with zero attached hydrogens (tertiary/aromatic N) is 6. The van der Waals surface area contributed by atoms with Gasteiger partial charge < -0.3 is 9.80 Å². The van der Waals surface area contributed by atoms with Crippen LogP contribution in [0.3, 0.4) is 0 Å². The summed E-state index contributed by atoms with van der Waals surface area (Å²) in [6.07, 6.45) is 12.6. The number of rotatable bonds is 4. The monoisotopic (exact) mass is 408 g/mol. The maximum absolute atomic E-state index is 5.04. The molecule has 0 aromatic carbocycles. The molecule has 4 heterocycles. The highest BCUT2D eigenvalue weighted by molar-refractivity contribution is 7.19. The van der Waals surface area contributed by atoms with E-state index in [1.165, 1.54) is 61.0 Å². The number of aryl methyl sites for hydroxylation is 2. The lowest BCUT2D eigenvalue weighted by Gasteiger charge is -2.32. The van der Waals surface area contributed by atoms with Crippen molar-refractivity contribution in [1.29, 1.82) is 0 Å². The molecule has 1 fully saturated rings. The second-order valence-corrected chi connectivity index (χ2v) is 9.56. The minimum absolute atomic E-state index is 0.689. The summed E-state index contributed by atoms with van der Waals surface area (Å²) in [6, 6.07) is 0. The standard InChI is InChI=1S/C22H28N6S/c1-27-11-7-15(8-12-27)14-28(2)21-19-16-5-3-4-6-18(16)29-22(19)26-20(25-21)17-13-23-9-10-24-17/h9-10,13,15H,3-8,11-12,14H2,1-2H3. The predicted octanol–water partition coefficient (Wildman–Crippen LogP) is 3.81. The lowest BCUT2D eigenvalue weighted by molar-refractivity contribution is 0.222. The second kappa shape index (κ2) is 7.95. The van der Waals surface area contributed by atoms with Crippen molar-refractivity contribution in [2.24, 2.45) is 5.92 Å². The van der Waals surface area contributed by atoms with Gasteiger partial charge >= 0.3 is 0 Å². The number of piperidine rings is 1. The lowest BCUT2D eigenvalue weighted by Crippen LogP contribution is -2.36. The van der Waals surface area contributed by atoms with Crippen LogP contribution in [-0.4, -0.2) is 58.6 Å². The van der Waals surface area contributed by atoms with Gasteiger partial charge in [-0.25, -0.2) is 15.0 Å². The molecule has 2 aliphatic rings. The van der Waals surface area contributed by atoms with E-state index >= 15 is 0 Å². The molecule has 6 nitrogen and oxygen atoms in total. The Morgan fingerprint density at radius 3 is 2.76 bits per heavy atom. The number of likely N-dealkylation sites (tertiary alicyclic amines) is 1. The fourth-order valence-corrected chi connectivity index (χ4v) is 5.92. The van der Waals surface area contributed by atoms with Crippen molar-refractivity contribution < 1.29 is 0 Å². The average Bonchev–Trinajstić information content (AvgIpc) is 3.14. The smallest absolute Gasteiger partial charge is 0.183 e. The maximum atomic E-state index is 5.04. The topological polar surface area (TPSA) is 58.0 Å². The molecule has 7 heteroatoms. The van der Waals surface area contributed by atoms with Gasteiger partial charge in [-0.15, -0.1) is 11.3 Å². The number of hydrogen-bond donors (Lipinski definition) is 0. The second-order valence-electron chi connectivity index (χ2n) is 8.48. The van der Waals surface area contributed by atoms with E-state index in [-0.39, 0.29) is 0 Å². The summed E-state index contributed by atoms with van der Waals surface area (Å²) in [7, 11) is 4.42. The van der Waals surface area contributed by atoms with E-state index in [9.17, 15) is 0 Å². The van der Waals surface area contributed by atoms with Crippen LogP contribution in [0.1, 0.15) is 36.1 Å². The molecule has 0 N–H and O–H groups in total. The van der Waals surface area contributed by atoms with E-state index in [2.05, 4.69) is 33.9 Å². The predicted molar refractivity (Wildman–Crippen MR) is 119 cm³/mol. The van der Waals surface area contributed by atoms with E-state index in [4.69, 9.17) is 9.97 Å². The fraction of sp³-hybridized carbons (Fsp3) is 0.545. The third kappa shape index (κ3) is 3.73. The molecule has 3 aromatic heterocycles. The van der Waals surface area contributed by atoms with Crippen LogP contribution in [0.25, 0.3) is 21.7 Å². The fourth-order valence-electron chi connectivity index (χ4n) is 4.66. The quantitative estimate of drug-likeness (QED) is 0.654. The first-order chi connectivity index (χ1) is 14.2. The van der Waals surface area contributed by atoms with Crippen LogP contribution in [0, 0.1) is 5.92 Å². The van der Waals surface area contributed by atoms with Crippen LogP contribution in [0.5, 0.6) is 0 Å². The lowest BCUT2D eigenvalue weighted by atomic mass is 9.95. The van der Waals surface area contributed by atoms with Gasteiger partial charge in [-0.2, -0.15) is 0 Å². The molecule has 0 radical (unpaired) electrons. The summed E-state index contributed by atoms with van der Waals surface area (Å²) in [5.74, 6) is 2.49. The molecule has 0 spiro atoms. The number of thiophene rings is 1. The minimum atomic E-state index is 0.689. The number of anilines is 1. The van der Waals surface area contributed by atoms with Crippen molar-refractivity contribution in [1.82, 2.24) is 24.8 Å². The summed E-state index contributed by atoms with van der Waals surface area (Å²) in [4.78, 5) is 26.1. The molecular weight excluding hydrogens is 380 g/mol. The van der Waals surface area contributed by atoms with E-state index in [0.717, 1.165) is 35.2 Å². The molecule has 0 unspecified atom stereocenters. The minimum Gasteiger partial charge on any atom is -0.359 e. The summed E-state index contributed by atoms with van der Waals surface area (Å²) in [6.45, 7) is 3.43. The Morgan fingerprint density at radius 1 is 1.14 bits per heavy atom. The van der Waals surface area contributed by atoms with Crippen LogP contribution >= 0.6 is 11.3 Å². The Bertz CT molecular complexity index is 993. The first-order valence-electron chi connectivity index (χ1n) is 10.7. The van der Waals surface area contributed by atoms with Gasteiger partial charge in [0.05, 0.1) is 11.6 Å². The molecular formula is C22H28N6S. The van der Waals surface area contributed by atoms with Crippen molar-refractivity contribution in [3.05, 3.63) is 29.0 Å². The van der Waals surface area contributed by atoms with E-state index in [0.29, 0.717) is 5.82 Å². The van der Waals surface area contributed by atoms with Crippen molar-refractivity contribution in [2.45, 2.75) is 38.5 Å². The highest BCUT2D eigenvalue weighted by atomic mass is 32.1. The van der Waals surface area contributed by atoms with Crippen molar-refractivity contribution >= 4 is 27.4 Å². The zero-order valence-electron chi connectivity index (χ0n) is 17.3. The van der Waals surface area contributed by atoms with Gasteiger partial charge in [0.25, 0.3) is 0 Å². The van der Waals surface area contributed by atoms with E-state index in [1.807, 2.05) is 11.3 Å². The maximum Gasteiger partial charge on any atom is 0.183 e. The van der Waals surface area contributed by atoms with Gasteiger partial charge in [-0.1, -0.05) is 0 Å². The molecule has 0 atom stereocenters. The third-order valence-electron chi connectivity index (χ3n) is 6.32. The third-order valence-corrected chi connectivity index (χ3v) is 7.51. The molecule has 5 rings (SSSR count). The van der Waals surface area contributed by atoms with Crippen LogP contribution in [0.15, 0.2) is 18.6 Å². The van der Waals surface area contributed by atoms with Gasteiger partial charge in [-0.3, -0.25) is 4.98 Å². The molecule has 1 aliphatic carbocycles. The number of aromatic nitrogens is 4. The highest BCUT2D eigenvalue weighted by Crippen LogP contribution is 2.40. The van der Waals surface area contributed by atoms with Crippen LogP contribution in [-0.2, 0) is 12.8 Å². The van der Waals surface area contributed by atoms with Crippen molar-refractivity contribution in [2.75, 3.05) is 38.6 Å². The van der Waals surface area contributed by atoms with Crippen molar-refractivity contribution in [3.8, 4) is 11.5 Å². The summed E-state index contributed by atoms with van der Waals surface area (Å²) in [5.41, 5.74) is 2.24. The molecule has 0 amide bonds. The van der Waals surface area contributed by atoms with Gasteiger partial charge in [0.15, 0.2) is 5.82 Å². The molecule has 3 aromatic rings. The summed E-state index contributed by atoms with van der Waals surface area (Å²) < 4.78 is 0.